The number of carbonyl (C=O) groups is 1. The van der Waals surface area contributed by atoms with E-state index < -0.39 is 5.60 Å². The number of nitrogens with one attached hydrogen (secondary N) is 1. The number of nitrogens with zero attached hydrogens (tertiary/aromatic N) is 1. The Bertz CT molecular complexity index is 433. The zero-order chi connectivity index (χ0) is 15.0. The number of hydrogen-bond donors (Lipinski definition) is 2. The summed E-state index contributed by atoms with van der Waals surface area (Å²) in [6.45, 7) is 0.400. The third kappa shape index (κ3) is 6.06. The minimum Gasteiger partial charge on any atom is -0.388 e. The fourth-order valence-corrected chi connectivity index (χ4v) is 3.42. The van der Waals surface area contributed by atoms with Crippen molar-refractivity contribution >= 4 is 17.7 Å². The minimum atomic E-state index is -0.672. The third-order valence-electron chi connectivity index (χ3n) is 3.85. The van der Waals surface area contributed by atoms with Crippen LogP contribution in [0.5, 0.6) is 0 Å². The van der Waals surface area contributed by atoms with E-state index in [0.717, 1.165) is 42.9 Å². The van der Waals surface area contributed by atoms with Gasteiger partial charge in [-0.1, -0.05) is 25.3 Å². The largest absolute Gasteiger partial charge is 0.388 e. The first kappa shape index (κ1) is 16.3. The van der Waals surface area contributed by atoms with Crippen LogP contribution in [0.3, 0.4) is 0 Å². The molecule has 0 spiro atoms. The number of pyridine rings is 1. The Labute approximate surface area is 130 Å². The molecule has 21 heavy (non-hydrogen) atoms. The van der Waals surface area contributed by atoms with Crippen LogP contribution in [0.2, 0.25) is 0 Å². The summed E-state index contributed by atoms with van der Waals surface area (Å²) in [4.78, 5) is 16.0. The maximum atomic E-state index is 11.8. The lowest BCUT2D eigenvalue weighted by Crippen LogP contribution is -2.44. The van der Waals surface area contributed by atoms with E-state index in [4.69, 9.17) is 0 Å². The molecule has 0 atom stereocenters. The SMILES string of the molecule is O=C(CCSCc1ccccn1)NCC1(O)CCCCC1. The van der Waals surface area contributed by atoms with Crippen LogP contribution in [0, 0.1) is 0 Å². The summed E-state index contributed by atoms with van der Waals surface area (Å²) in [6.07, 6.45) is 7.21. The minimum absolute atomic E-state index is 0.0301. The summed E-state index contributed by atoms with van der Waals surface area (Å²) in [5.74, 6) is 1.64. The van der Waals surface area contributed by atoms with Gasteiger partial charge in [0.25, 0.3) is 0 Å². The predicted molar refractivity (Wildman–Crippen MR) is 86.1 cm³/mol. The maximum Gasteiger partial charge on any atom is 0.220 e. The molecule has 1 amide bonds. The molecular formula is C16H24N2O2S. The molecule has 1 heterocycles. The van der Waals surface area contributed by atoms with Gasteiger partial charge >= 0.3 is 0 Å². The van der Waals surface area contributed by atoms with Crippen LogP contribution in [-0.4, -0.2) is 33.9 Å². The molecule has 0 radical (unpaired) electrons. The summed E-state index contributed by atoms with van der Waals surface area (Å²) in [5, 5.41) is 13.2. The molecule has 2 N–H and O–H groups in total. The average molecular weight is 308 g/mol. The molecule has 1 saturated carbocycles. The van der Waals surface area contributed by atoms with Gasteiger partial charge in [0, 0.05) is 30.7 Å². The number of carbonyl (C=O) groups excluding carboxylic acids is 1. The molecule has 2 rings (SSSR count). The van der Waals surface area contributed by atoms with Crippen LogP contribution in [0.25, 0.3) is 0 Å². The van der Waals surface area contributed by atoms with Gasteiger partial charge in [0.1, 0.15) is 0 Å². The van der Waals surface area contributed by atoms with E-state index in [2.05, 4.69) is 10.3 Å². The fourth-order valence-electron chi connectivity index (χ4n) is 2.56. The molecule has 5 heteroatoms. The normalized spacial score (nSPS) is 17.4. The fraction of sp³-hybridized carbons (Fsp3) is 0.625. The van der Waals surface area contributed by atoms with Gasteiger partial charge in [-0.3, -0.25) is 9.78 Å². The van der Waals surface area contributed by atoms with Gasteiger partial charge in [0.2, 0.25) is 5.91 Å². The predicted octanol–water partition coefficient (Wildman–Crippen LogP) is 2.52. The highest BCUT2D eigenvalue weighted by atomic mass is 32.2. The number of aliphatic hydroxyl groups is 1. The van der Waals surface area contributed by atoms with Crippen LogP contribution in [-0.2, 0) is 10.5 Å². The molecule has 1 aliphatic rings. The molecule has 1 aliphatic carbocycles. The van der Waals surface area contributed by atoms with E-state index in [0.29, 0.717) is 13.0 Å². The number of amides is 1. The van der Waals surface area contributed by atoms with E-state index in [9.17, 15) is 9.90 Å². The molecule has 116 valence electrons. The van der Waals surface area contributed by atoms with Crippen molar-refractivity contribution in [3.05, 3.63) is 30.1 Å². The van der Waals surface area contributed by atoms with Crippen molar-refractivity contribution in [3.63, 3.8) is 0 Å². The molecule has 4 nitrogen and oxygen atoms in total. The molecule has 1 aromatic heterocycles. The first-order valence-electron chi connectivity index (χ1n) is 7.65. The first-order chi connectivity index (χ1) is 10.2. The number of aromatic nitrogens is 1. The second kappa shape index (κ2) is 8.39. The van der Waals surface area contributed by atoms with Gasteiger partial charge in [0.05, 0.1) is 11.3 Å². The van der Waals surface area contributed by atoms with Crippen molar-refractivity contribution < 1.29 is 9.90 Å². The standard InChI is InChI=1S/C16H24N2O2S/c19-15(18-13-16(20)8-3-1-4-9-16)7-11-21-12-14-6-2-5-10-17-14/h2,5-6,10,20H,1,3-4,7-9,11-13H2,(H,18,19). The van der Waals surface area contributed by atoms with Crippen molar-refractivity contribution in [1.29, 1.82) is 0 Å². The molecular weight excluding hydrogens is 284 g/mol. The highest BCUT2D eigenvalue weighted by Gasteiger charge is 2.29. The smallest absolute Gasteiger partial charge is 0.220 e. The number of thioether (sulfide) groups is 1. The zero-order valence-electron chi connectivity index (χ0n) is 12.4. The Kier molecular flexibility index (Phi) is 6.51. The summed E-state index contributed by atoms with van der Waals surface area (Å²) < 4.78 is 0. The third-order valence-corrected chi connectivity index (χ3v) is 4.84. The van der Waals surface area contributed by atoms with Crippen LogP contribution in [0.15, 0.2) is 24.4 Å². The summed E-state index contributed by atoms with van der Waals surface area (Å²) >= 11 is 1.71. The summed E-state index contributed by atoms with van der Waals surface area (Å²) in [5.41, 5.74) is 0.370. The quantitative estimate of drug-likeness (QED) is 0.760. The summed E-state index contributed by atoms with van der Waals surface area (Å²) in [6, 6.07) is 5.86. The van der Waals surface area contributed by atoms with E-state index in [1.165, 1.54) is 6.42 Å². The molecule has 0 unspecified atom stereocenters. The molecule has 1 fully saturated rings. The van der Waals surface area contributed by atoms with Crippen LogP contribution in [0.4, 0.5) is 0 Å². The lowest BCUT2D eigenvalue weighted by Gasteiger charge is -2.32. The number of hydrogen-bond acceptors (Lipinski definition) is 4. The van der Waals surface area contributed by atoms with Crippen LogP contribution < -0.4 is 5.32 Å². The highest BCUT2D eigenvalue weighted by Crippen LogP contribution is 2.27. The van der Waals surface area contributed by atoms with Gasteiger partial charge in [-0.05, 0) is 25.0 Å². The Hall–Kier alpha value is -1.07. The molecule has 1 aromatic rings. The molecule has 0 saturated heterocycles. The Morgan fingerprint density at radius 1 is 1.33 bits per heavy atom. The van der Waals surface area contributed by atoms with Crippen molar-refractivity contribution in [1.82, 2.24) is 10.3 Å². The first-order valence-corrected chi connectivity index (χ1v) is 8.80. The van der Waals surface area contributed by atoms with Gasteiger partial charge in [-0.2, -0.15) is 11.8 Å². The lowest BCUT2D eigenvalue weighted by molar-refractivity contribution is -0.122. The monoisotopic (exact) mass is 308 g/mol. The zero-order valence-corrected chi connectivity index (χ0v) is 13.2. The molecule has 0 aromatic carbocycles. The van der Waals surface area contributed by atoms with Crippen molar-refractivity contribution in [2.75, 3.05) is 12.3 Å². The van der Waals surface area contributed by atoms with E-state index >= 15 is 0 Å². The van der Waals surface area contributed by atoms with E-state index in [-0.39, 0.29) is 5.91 Å². The van der Waals surface area contributed by atoms with Gasteiger partial charge in [-0.15, -0.1) is 0 Å². The van der Waals surface area contributed by atoms with Gasteiger partial charge in [-0.25, -0.2) is 0 Å². The highest BCUT2D eigenvalue weighted by molar-refractivity contribution is 7.98. The van der Waals surface area contributed by atoms with E-state index in [1.807, 2.05) is 18.2 Å². The van der Waals surface area contributed by atoms with Gasteiger partial charge in [0.15, 0.2) is 0 Å². The van der Waals surface area contributed by atoms with Gasteiger partial charge < -0.3 is 10.4 Å². The van der Waals surface area contributed by atoms with Crippen molar-refractivity contribution in [2.45, 2.75) is 49.9 Å². The Balaban J connectivity index is 1.57. The van der Waals surface area contributed by atoms with Crippen molar-refractivity contribution in [2.24, 2.45) is 0 Å². The second-order valence-electron chi connectivity index (χ2n) is 5.69. The van der Waals surface area contributed by atoms with E-state index in [1.54, 1.807) is 18.0 Å². The average Bonchev–Trinajstić information content (AvgIpc) is 2.51. The topological polar surface area (TPSA) is 62.2 Å². The molecule has 0 bridgehead atoms. The lowest BCUT2D eigenvalue weighted by atomic mass is 9.85. The molecule has 0 aliphatic heterocycles. The van der Waals surface area contributed by atoms with Crippen LogP contribution >= 0.6 is 11.8 Å². The van der Waals surface area contributed by atoms with Crippen molar-refractivity contribution in [3.8, 4) is 0 Å². The second-order valence-corrected chi connectivity index (χ2v) is 6.79. The van der Waals surface area contributed by atoms with Crippen LogP contribution in [0.1, 0.15) is 44.2 Å². The maximum absolute atomic E-state index is 11.8. The Morgan fingerprint density at radius 3 is 2.86 bits per heavy atom. The summed E-state index contributed by atoms with van der Waals surface area (Å²) in [7, 11) is 0. The Morgan fingerprint density at radius 2 is 2.14 bits per heavy atom. The number of rotatable bonds is 7.